The molecular formula is C15H23ClN2O3. The highest BCUT2D eigenvalue weighted by atomic mass is 35.5. The van der Waals surface area contributed by atoms with Crippen molar-refractivity contribution in [1.82, 2.24) is 4.90 Å². The Kier molecular flexibility index (Phi) is 6.78. The van der Waals surface area contributed by atoms with E-state index in [1.165, 1.54) is 0 Å². The van der Waals surface area contributed by atoms with Gasteiger partial charge in [-0.3, -0.25) is 4.79 Å². The van der Waals surface area contributed by atoms with E-state index in [-0.39, 0.29) is 18.3 Å². The number of methoxy groups -OCH3 is 2. The molecule has 0 saturated carbocycles. The molecule has 1 saturated heterocycles. The quantitative estimate of drug-likeness (QED) is 0.863. The lowest BCUT2D eigenvalue weighted by Gasteiger charge is -2.17. The molecule has 1 heterocycles. The van der Waals surface area contributed by atoms with Gasteiger partial charge in [0.05, 0.1) is 14.2 Å². The van der Waals surface area contributed by atoms with E-state index in [0.717, 1.165) is 36.6 Å². The second-order valence-electron chi connectivity index (χ2n) is 5.08. The maximum absolute atomic E-state index is 11.8. The lowest BCUT2D eigenvalue weighted by atomic mass is 10.1. The first kappa shape index (κ1) is 17.6. The average Bonchev–Trinajstić information content (AvgIpc) is 2.85. The SMILES string of the molecule is COc1ccc(CCN2CC(CN)CC2=O)cc1OC.Cl. The highest BCUT2D eigenvalue weighted by Gasteiger charge is 2.27. The molecule has 118 valence electrons. The first-order valence-corrected chi connectivity index (χ1v) is 6.86. The zero-order chi connectivity index (χ0) is 14.5. The highest BCUT2D eigenvalue weighted by molar-refractivity contribution is 5.85. The van der Waals surface area contributed by atoms with Gasteiger partial charge in [-0.2, -0.15) is 0 Å². The minimum Gasteiger partial charge on any atom is -0.493 e. The van der Waals surface area contributed by atoms with Crippen molar-refractivity contribution in [1.29, 1.82) is 0 Å². The largest absolute Gasteiger partial charge is 0.493 e. The zero-order valence-electron chi connectivity index (χ0n) is 12.5. The highest BCUT2D eigenvalue weighted by Crippen LogP contribution is 2.28. The standard InChI is InChI=1S/C15H22N2O3.ClH/c1-19-13-4-3-11(7-14(13)20-2)5-6-17-10-12(9-16)8-15(17)18;/h3-4,7,12H,5-6,8-10,16H2,1-2H3;1H. The Bertz CT molecular complexity index is 482. The van der Waals surface area contributed by atoms with E-state index in [2.05, 4.69) is 0 Å². The molecule has 2 N–H and O–H groups in total. The molecule has 1 fully saturated rings. The molecule has 1 aliphatic heterocycles. The van der Waals surface area contributed by atoms with Gasteiger partial charge >= 0.3 is 0 Å². The molecular weight excluding hydrogens is 292 g/mol. The van der Waals surface area contributed by atoms with Crippen LogP contribution in [0.4, 0.5) is 0 Å². The number of benzene rings is 1. The maximum Gasteiger partial charge on any atom is 0.222 e. The number of amides is 1. The maximum atomic E-state index is 11.8. The Morgan fingerprint density at radius 3 is 2.57 bits per heavy atom. The van der Waals surface area contributed by atoms with Gasteiger partial charge in [-0.25, -0.2) is 0 Å². The first-order valence-electron chi connectivity index (χ1n) is 6.86. The van der Waals surface area contributed by atoms with Crippen LogP contribution in [0, 0.1) is 5.92 Å². The minimum atomic E-state index is 0. The number of hydrogen-bond acceptors (Lipinski definition) is 4. The summed E-state index contributed by atoms with van der Waals surface area (Å²) in [6.45, 7) is 2.09. The molecule has 0 aliphatic carbocycles. The third kappa shape index (κ3) is 4.25. The monoisotopic (exact) mass is 314 g/mol. The van der Waals surface area contributed by atoms with E-state index in [0.29, 0.717) is 18.9 Å². The molecule has 1 atom stereocenters. The third-order valence-corrected chi connectivity index (χ3v) is 3.75. The van der Waals surface area contributed by atoms with E-state index in [1.54, 1.807) is 14.2 Å². The fraction of sp³-hybridized carbons (Fsp3) is 0.533. The number of nitrogens with two attached hydrogens (primary N) is 1. The molecule has 1 unspecified atom stereocenters. The van der Waals surface area contributed by atoms with Gasteiger partial charge in [0, 0.05) is 19.5 Å². The van der Waals surface area contributed by atoms with Crippen molar-refractivity contribution in [2.75, 3.05) is 33.9 Å². The van der Waals surface area contributed by atoms with Crippen molar-refractivity contribution >= 4 is 18.3 Å². The number of rotatable bonds is 6. The van der Waals surface area contributed by atoms with Crippen LogP contribution in [-0.2, 0) is 11.2 Å². The van der Waals surface area contributed by atoms with E-state index >= 15 is 0 Å². The Morgan fingerprint density at radius 2 is 2.00 bits per heavy atom. The van der Waals surface area contributed by atoms with E-state index in [9.17, 15) is 4.79 Å². The summed E-state index contributed by atoms with van der Waals surface area (Å²) >= 11 is 0. The smallest absolute Gasteiger partial charge is 0.222 e. The molecule has 0 aromatic heterocycles. The van der Waals surface area contributed by atoms with Crippen LogP contribution in [0.2, 0.25) is 0 Å². The second kappa shape index (κ2) is 8.10. The fourth-order valence-corrected chi connectivity index (χ4v) is 2.53. The molecule has 2 rings (SSSR count). The number of ether oxygens (including phenoxy) is 2. The molecule has 0 bridgehead atoms. The lowest BCUT2D eigenvalue weighted by molar-refractivity contribution is -0.127. The summed E-state index contributed by atoms with van der Waals surface area (Å²) in [5, 5.41) is 0. The molecule has 1 aromatic carbocycles. The number of carbonyl (C=O) groups excluding carboxylic acids is 1. The molecule has 0 radical (unpaired) electrons. The van der Waals surface area contributed by atoms with E-state index < -0.39 is 0 Å². The second-order valence-corrected chi connectivity index (χ2v) is 5.08. The predicted molar refractivity (Wildman–Crippen MR) is 84.2 cm³/mol. The van der Waals surface area contributed by atoms with Gasteiger partial charge in [0.25, 0.3) is 0 Å². The van der Waals surface area contributed by atoms with Crippen molar-refractivity contribution in [3.8, 4) is 11.5 Å². The molecule has 1 amide bonds. The van der Waals surface area contributed by atoms with Crippen molar-refractivity contribution in [3.63, 3.8) is 0 Å². The molecule has 6 heteroatoms. The van der Waals surface area contributed by atoms with Crippen LogP contribution in [0.1, 0.15) is 12.0 Å². The van der Waals surface area contributed by atoms with Crippen molar-refractivity contribution < 1.29 is 14.3 Å². The molecule has 5 nitrogen and oxygen atoms in total. The third-order valence-electron chi connectivity index (χ3n) is 3.75. The van der Waals surface area contributed by atoms with Gasteiger partial charge in [-0.15, -0.1) is 12.4 Å². The summed E-state index contributed by atoms with van der Waals surface area (Å²) in [7, 11) is 3.24. The molecule has 1 aliphatic rings. The number of hydrogen-bond donors (Lipinski definition) is 1. The fourth-order valence-electron chi connectivity index (χ4n) is 2.53. The molecule has 1 aromatic rings. The zero-order valence-corrected chi connectivity index (χ0v) is 13.3. The van der Waals surface area contributed by atoms with Crippen molar-refractivity contribution in [3.05, 3.63) is 23.8 Å². The summed E-state index contributed by atoms with van der Waals surface area (Å²) < 4.78 is 10.5. The minimum absolute atomic E-state index is 0. The van der Waals surface area contributed by atoms with Crippen molar-refractivity contribution in [2.24, 2.45) is 11.7 Å². The average molecular weight is 315 g/mol. The molecule has 21 heavy (non-hydrogen) atoms. The summed E-state index contributed by atoms with van der Waals surface area (Å²) in [5.74, 6) is 1.96. The summed E-state index contributed by atoms with van der Waals surface area (Å²) in [6, 6.07) is 5.85. The summed E-state index contributed by atoms with van der Waals surface area (Å²) in [5.41, 5.74) is 6.76. The topological polar surface area (TPSA) is 64.8 Å². The van der Waals surface area contributed by atoms with Gasteiger partial charge in [0.1, 0.15) is 0 Å². The number of nitrogens with zero attached hydrogens (tertiary/aromatic N) is 1. The van der Waals surface area contributed by atoms with Crippen molar-refractivity contribution in [2.45, 2.75) is 12.8 Å². The van der Waals surface area contributed by atoms with E-state index in [4.69, 9.17) is 15.2 Å². The van der Waals surface area contributed by atoms with Crippen LogP contribution < -0.4 is 15.2 Å². The van der Waals surface area contributed by atoms with Gasteiger partial charge in [-0.1, -0.05) is 6.07 Å². The van der Waals surface area contributed by atoms with Gasteiger partial charge in [0.15, 0.2) is 11.5 Å². The number of carbonyl (C=O) groups is 1. The Balaban J connectivity index is 0.00000220. The molecule has 0 spiro atoms. The lowest BCUT2D eigenvalue weighted by Crippen LogP contribution is -2.28. The first-order chi connectivity index (χ1) is 9.67. The van der Waals surface area contributed by atoms with Gasteiger partial charge in [-0.05, 0) is 36.6 Å². The predicted octanol–water partition coefficient (Wildman–Crippen LogP) is 1.48. The van der Waals surface area contributed by atoms with Crippen LogP contribution in [0.15, 0.2) is 18.2 Å². The summed E-state index contributed by atoms with van der Waals surface area (Å²) in [6.07, 6.45) is 1.39. The number of halogens is 1. The van der Waals surface area contributed by atoms with Gasteiger partial charge < -0.3 is 20.1 Å². The Morgan fingerprint density at radius 1 is 1.29 bits per heavy atom. The Labute approximate surface area is 131 Å². The van der Waals surface area contributed by atoms with Crippen LogP contribution in [0.25, 0.3) is 0 Å². The van der Waals surface area contributed by atoms with Crippen LogP contribution in [-0.4, -0.2) is 44.7 Å². The Hall–Kier alpha value is -1.46. The normalized spacial score (nSPS) is 17.6. The van der Waals surface area contributed by atoms with E-state index in [1.807, 2.05) is 23.1 Å². The van der Waals surface area contributed by atoms with Crippen LogP contribution in [0.5, 0.6) is 11.5 Å². The van der Waals surface area contributed by atoms with Gasteiger partial charge in [0.2, 0.25) is 5.91 Å². The summed E-state index contributed by atoms with van der Waals surface area (Å²) in [4.78, 5) is 13.7. The van der Waals surface area contributed by atoms with Crippen LogP contribution >= 0.6 is 12.4 Å². The number of likely N-dealkylation sites (tertiary alicyclic amines) is 1. The van der Waals surface area contributed by atoms with Crippen LogP contribution in [0.3, 0.4) is 0 Å².